The molecular formula is C16H34N2O. The summed E-state index contributed by atoms with van der Waals surface area (Å²) in [5.41, 5.74) is 5.39. The highest BCUT2D eigenvalue weighted by atomic mass is 16.1. The van der Waals surface area contributed by atoms with E-state index in [0.29, 0.717) is 0 Å². The molecule has 0 bridgehead atoms. The summed E-state index contributed by atoms with van der Waals surface area (Å²) in [5, 5.41) is 3.11. The number of carbonyl (C=O) groups excluding carboxylic acids is 1. The molecule has 1 fully saturated rings. The first-order chi connectivity index (χ1) is 9.13. The van der Waals surface area contributed by atoms with Crippen molar-refractivity contribution in [2.45, 2.75) is 71.8 Å². The summed E-state index contributed by atoms with van der Waals surface area (Å²) < 4.78 is 0. The van der Waals surface area contributed by atoms with E-state index in [1.165, 1.54) is 45.6 Å². The van der Waals surface area contributed by atoms with Crippen LogP contribution in [0, 0.1) is 5.92 Å². The zero-order chi connectivity index (χ0) is 15.1. The van der Waals surface area contributed by atoms with Crippen LogP contribution in [-0.2, 0) is 4.79 Å². The third-order valence-electron chi connectivity index (χ3n) is 2.91. The molecule has 1 aliphatic carbocycles. The molecule has 0 aromatic carbocycles. The lowest BCUT2D eigenvalue weighted by Crippen LogP contribution is -2.31. The monoisotopic (exact) mass is 270 g/mol. The summed E-state index contributed by atoms with van der Waals surface area (Å²) in [6, 6.07) is -0.0180. The van der Waals surface area contributed by atoms with Gasteiger partial charge in [0.15, 0.2) is 0 Å². The molecule has 0 saturated heterocycles. The molecule has 3 N–H and O–H groups in total. The van der Waals surface area contributed by atoms with Gasteiger partial charge >= 0.3 is 0 Å². The van der Waals surface area contributed by atoms with Crippen LogP contribution in [0.3, 0.4) is 0 Å². The van der Waals surface area contributed by atoms with E-state index in [1.54, 1.807) is 0 Å². The third-order valence-corrected chi connectivity index (χ3v) is 2.91. The molecule has 0 spiro atoms. The van der Waals surface area contributed by atoms with Crippen LogP contribution >= 0.6 is 0 Å². The summed E-state index contributed by atoms with van der Waals surface area (Å²) in [6.07, 6.45) is 9.88. The van der Waals surface area contributed by atoms with Crippen LogP contribution in [0.5, 0.6) is 0 Å². The highest BCUT2D eigenvalue weighted by Crippen LogP contribution is 2.27. The van der Waals surface area contributed by atoms with Gasteiger partial charge in [-0.3, -0.25) is 0 Å². The van der Waals surface area contributed by atoms with Gasteiger partial charge in [0.05, 0.1) is 6.04 Å². The molecule has 0 heterocycles. The zero-order valence-corrected chi connectivity index (χ0v) is 13.4. The maximum atomic E-state index is 10.8. The molecule has 1 rings (SSSR count). The minimum absolute atomic E-state index is 0.0180. The first-order valence-electron chi connectivity index (χ1n) is 7.59. The Balaban J connectivity index is 0. The lowest BCUT2D eigenvalue weighted by molar-refractivity contribution is -0.109. The number of hydrogen-bond donors (Lipinski definition) is 2. The summed E-state index contributed by atoms with van der Waals surface area (Å²) in [5.74, 6) is 0.741. The van der Waals surface area contributed by atoms with Gasteiger partial charge in [-0.1, -0.05) is 59.0 Å². The molecule has 1 atom stereocenters. The van der Waals surface area contributed by atoms with Gasteiger partial charge in [0.25, 0.3) is 0 Å². The second kappa shape index (κ2) is 15.2. The second-order valence-electron chi connectivity index (χ2n) is 5.11. The summed E-state index contributed by atoms with van der Waals surface area (Å²) >= 11 is 0. The summed E-state index contributed by atoms with van der Waals surface area (Å²) in [4.78, 5) is 10.8. The van der Waals surface area contributed by atoms with Crippen LogP contribution in [0.25, 0.3) is 0 Å². The lowest BCUT2D eigenvalue weighted by Gasteiger charge is -2.24. The van der Waals surface area contributed by atoms with Crippen LogP contribution in [-0.4, -0.2) is 19.4 Å². The fraction of sp³-hybridized carbons (Fsp3) is 0.812. The number of allylic oxidation sites excluding steroid dienone is 1. The van der Waals surface area contributed by atoms with Crippen molar-refractivity contribution in [2.75, 3.05) is 7.05 Å². The number of hydrogen-bond acceptors (Lipinski definition) is 3. The largest absolute Gasteiger partial charge is 0.380 e. The normalized spacial score (nSPS) is 16.1. The maximum absolute atomic E-state index is 10.8. The van der Waals surface area contributed by atoms with E-state index in [4.69, 9.17) is 0 Å². The molecule has 1 aliphatic rings. The van der Waals surface area contributed by atoms with Crippen LogP contribution in [0.15, 0.2) is 12.3 Å². The summed E-state index contributed by atoms with van der Waals surface area (Å²) in [6.45, 7) is 9.92. The predicted molar refractivity (Wildman–Crippen MR) is 85.1 cm³/mol. The molecule has 1 unspecified atom stereocenters. The van der Waals surface area contributed by atoms with Gasteiger partial charge in [-0.05, 0) is 26.3 Å². The van der Waals surface area contributed by atoms with Crippen LogP contribution < -0.4 is 11.1 Å². The Morgan fingerprint density at radius 1 is 1.32 bits per heavy atom. The van der Waals surface area contributed by atoms with Crippen LogP contribution in [0.4, 0.5) is 0 Å². The number of aldehydes is 1. The Morgan fingerprint density at radius 3 is 2.16 bits per heavy atom. The Bertz CT molecular complexity index is 211. The fourth-order valence-corrected chi connectivity index (χ4v) is 2.25. The van der Waals surface area contributed by atoms with Crippen molar-refractivity contribution in [1.82, 2.24) is 5.32 Å². The predicted octanol–water partition coefficient (Wildman–Crippen LogP) is 3.64. The standard InChI is InChI=1S/C12H21NO.C3H8.CH5N/c1-10(2)13-12(9-14)8-11-6-4-3-5-7-11;1-3-2;1-2/h9,11-13H,1,3-8H2,2H3;3H2,1-2H3;2H2,1H3. The Morgan fingerprint density at radius 2 is 1.79 bits per heavy atom. The van der Waals surface area contributed by atoms with Crippen molar-refractivity contribution >= 4 is 6.29 Å². The van der Waals surface area contributed by atoms with Gasteiger partial charge in [0.2, 0.25) is 0 Å². The summed E-state index contributed by atoms with van der Waals surface area (Å²) in [7, 11) is 1.50. The van der Waals surface area contributed by atoms with Gasteiger partial charge in [-0.2, -0.15) is 0 Å². The average molecular weight is 270 g/mol. The first-order valence-corrected chi connectivity index (χ1v) is 7.59. The highest BCUT2D eigenvalue weighted by Gasteiger charge is 2.18. The lowest BCUT2D eigenvalue weighted by atomic mass is 9.85. The average Bonchev–Trinajstić information content (AvgIpc) is 2.42. The van der Waals surface area contributed by atoms with Gasteiger partial charge in [-0.25, -0.2) is 0 Å². The molecule has 0 aliphatic heterocycles. The van der Waals surface area contributed by atoms with E-state index in [1.807, 2.05) is 6.92 Å². The SMILES string of the molecule is C=C(C)NC(C=O)CC1CCCCC1.CCC.CN. The molecular weight excluding hydrogens is 236 g/mol. The first kappa shape index (κ1) is 20.5. The van der Waals surface area contributed by atoms with Crippen LogP contribution in [0.1, 0.15) is 65.7 Å². The van der Waals surface area contributed by atoms with Crippen molar-refractivity contribution in [3.05, 3.63) is 12.3 Å². The third kappa shape index (κ3) is 13.4. The van der Waals surface area contributed by atoms with Crippen molar-refractivity contribution < 1.29 is 4.79 Å². The minimum Gasteiger partial charge on any atom is -0.380 e. The molecule has 0 aromatic heterocycles. The fourth-order valence-electron chi connectivity index (χ4n) is 2.25. The molecule has 19 heavy (non-hydrogen) atoms. The van der Waals surface area contributed by atoms with E-state index >= 15 is 0 Å². The van der Waals surface area contributed by atoms with Crippen molar-refractivity contribution in [2.24, 2.45) is 11.7 Å². The molecule has 3 heteroatoms. The molecule has 0 amide bonds. The van der Waals surface area contributed by atoms with Crippen molar-refractivity contribution in [3.63, 3.8) is 0 Å². The topological polar surface area (TPSA) is 55.1 Å². The van der Waals surface area contributed by atoms with Gasteiger partial charge < -0.3 is 15.8 Å². The molecule has 114 valence electrons. The Hall–Kier alpha value is -0.830. The van der Waals surface area contributed by atoms with Crippen molar-refractivity contribution in [3.8, 4) is 0 Å². The number of rotatable bonds is 5. The zero-order valence-electron chi connectivity index (χ0n) is 13.4. The quantitative estimate of drug-likeness (QED) is 0.750. The van der Waals surface area contributed by atoms with Gasteiger partial charge in [-0.15, -0.1) is 0 Å². The van der Waals surface area contributed by atoms with Gasteiger partial charge in [0.1, 0.15) is 6.29 Å². The molecule has 3 nitrogen and oxygen atoms in total. The Kier molecular flexibility index (Phi) is 16.4. The molecule has 1 saturated carbocycles. The van der Waals surface area contributed by atoms with Crippen LogP contribution in [0.2, 0.25) is 0 Å². The smallest absolute Gasteiger partial charge is 0.142 e. The van der Waals surface area contributed by atoms with E-state index in [0.717, 1.165) is 24.3 Å². The molecule has 0 aromatic rings. The van der Waals surface area contributed by atoms with E-state index in [-0.39, 0.29) is 6.04 Å². The highest BCUT2D eigenvalue weighted by molar-refractivity contribution is 5.58. The van der Waals surface area contributed by atoms with E-state index in [9.17, 15) is 4.79 Å². The minimum atomic E-state index is -0.0180. The maximum Gasteiger partial charge on any atom is 0.142 e. The Labute approximate surface area is 120 Å². The number of carbonyl (C=O) groups is 1. The number of nitrogens with two attached hydrogens (primary N) is 1. The number of nitrogens with one attached hydrogen (secondary N) is 1. The molecule has 0 radical (unpaired) electrons. The van der Waals surface area contributed by atoms with Gasteiger partial charge in [0, 0.05) is 5.70 Å². The van der Waals surface area contributed by atoms with Crippen molar-refractivity contribution in [1.29, 1.82) is 0 Å². The van der Waals surface area contributed by atoms with E-state index < -0.39 is 0 Å². The van der Waals surface area contributed by atoms with E-state index in [2.05, 4.69) is 31.5 Å². The second-order valence-corrected chi connectivity index (χ2v) is 5.11.